The van der Waals surface area contributed by atoms with Crippen LogP contribution in [0.25, 0.3) is 0 Å². The van der Waals surface area contributed by atoms with Crippen molar-refractivity contribution in [1.82, 2.24) is 5.32 Å². The Kier molecular flexibility index (Phi) is 5.66. The Morgan fingerprint density at radius 1 is 1.32 bits per heavy atom. The van der Waals surface area contributed by atoms with Crippen molar-refractivity contribution in [1.29, 1.82) is 0 Å². The van der Waals surface area contributed by atoms with Crippen LogP contribution in [0.2, 0.25) is 0 Å². The topological polar surface area (TPSA) is 49.3 Å². The predicted octanol–water partition coefficient (Wildman–Crippen LogP) is 2.84. The van der Waals surface area contributed by atoms with Crippen molar-refractivity contribution in [2.75, 3.05) is 0 Å². The molecule has 0 aromatic heterocycles. The van der Waals surface area contributed by atoms with Gasteiger partial charge < -0.3 is 10.4 Å². The van der Waals surface area contributed by atoms with Gasteiger partial charge >= 0.3 is 5.92 Å². The molecule has 1 aliphatic heterocycles. The largest absolute Gasteiger partial charge is 0.389 e. The monoisotopic (exact) mass is 309 g/mol. The average Bonchev–Trinajstić information content (AvgIpc) is 2.76. The van der Waals surface area contributed by atoms with Crippen LogP contribution in [-0.4, -0.2) is 29.1 Å². The van der Waals surface area contributed by atoms with Crippen LogP contribution in [0.1, 0.15) is 31.2 Å². The number of unbranched alkanes of at least 4 members (excludes halogenated alkanes) is 1. The van der Waals surface area contributed by atoms with Gasteiger partial charge in [-0.15, -0.1) is 0 Å². The predicted molar refractivity (Wildman–Crippen MR) is 80.6 cm³/mol. The SMILES string of the molecule is O=C1N[C@@H](/C=C/[C@H](O)CCCCc2ccccc2)CC1(F)F. The first-order chi connectivity index (χ1) is 10.5. The summed E-state index contributed by atoms with van der Waals surface area (Å²) in [5, 5.41) is 12.0. The van der Waals surface area contributed by atoms with Gasteiger partial charge in [-0.2, -0.15) is 8.78 Å². The van der Waals surface area contributed by atoms with Crippen molar-refractivity contribution >= 4 is 5.91 Å². The van der Waals surface area contributed by atoms with Gasteiger partial charge in [-0.3, -0.25) is 4.79 Å². The van der Waals surface area contributed by atoms with E-state index in [9.17, 15) is 18.7 Å². The van der Waals surface area contributed by atoms with E-state index in [1.165, 1.54) is 17.7 Å². The molecule has 3 nitrogen and oxygen atoms in total. The first-order valence-electron chi connectivity index (χ1n) is 7.56. The Balaban J connectivity index is 1.65. The van der Waals surface area contributed by atoms with Crippen LogP contribution in [0.4, 0.5) is 8.78 Å². The first kappa shape index (κ1) is 16.6. The third-order valence-electron chi connectivity index (χ3n) is 3.75. The normalized spacial score (nSPS) is 22.0. The lowest BCUT2D eigenvalue weighted by molar-refractivity contribution is -0.139. The molecule has 2 N–H and O–H groups in total. The number of amides is 1. The van der Waals surface area contributed by atoms with E-state index in [-0.39, 0.29) is 0 Å². The van der Waals surface area contributed by atoms with Crippen LogP contribution in [-0.2, 0) is 11.2 Å². The van der Waals surface area contributed by atoms with Crippen LogP contribution in [0.3, 0.4) is 0 Å². The number of hydrogen-bond acceptors (Lipinski definition) is 2. The molecule has 0 saturated carbocycles. The van der Waals surface area contributed by atoms with Gasteiger partial charge in [-0.05, 0) is 24.8 Å². The molecule has 22 heavy (non-hydrogen) atoms. The van der Waals surface area contributed by atoms with Crippen molar-refractivity contribution in [2.45, 2.75) is 50.2 Å². The summed E-state index contributed by atoms with van der Waals surface area (Å²) in [5.41, 5.74) is 1.27. The molecule has 2 rings (SSSR count). The second-order valence-electron chi connectivity index (χ2n) is 5.67. The fourth-order valence-corrected chi connectivity index (χ4v) is 2.50. The molecule has 120 valence electrons. The van der Waals surface area contributed by atoms with Gasteiger partial charge in [0.25, 0.3) is 5.91 Å². The minimum absolute atomic E-state index is 0.539. The molecule has 1 saturated heterocycles. The fourth-order valence-electron chi connectivity index (χ4n) is 2.50. The highest BCUT2D eigenvalue weighted by Gasteiger charge is 2.47. The highest BCUT2D eigenvalue weighted by molar-refractivity contribution is 5.86. The standard InChI is InChI=1S/C17H21F2NO2/c18-17(19)12-14(20-16(17)22)10-11-15(21)9-5-4-8-13-6-2-1-3-7-13/h1-3,6-7,10-11,14-15,21H,4-5,8-9,12H2,(H,20,22)/b11-10+/t14-,15+/m0/s1. The Hall–Kier alpha value is -1.75. The molecule has 1 aromatic rings. The molecule has 1 aromatic carbocycles. The minimum atomic E-state index is -3.30. The van der Waals surface area contributed by atoms with Crippen LogP contribution in [0.15, 0.2) is 42.5 Å². The molecule has 2 atom stereocenters. The van der Waals surface area contributed by atoms with E-state index in [1.807, 2.05) is 18.2 Å². The third kappa shape index (κ3) is 4.91. The molecule has 0 bridgehead atoms. The lowest BCUT2D eigenvalue weighted by Gasteiger charge is -2.07. The summed E-state index contributed by atoms with van der Waals surface area (Å²) < 4.78 is 26.0. The molecule has 5 heteroatoms. The summed E-state index contributed by atoms with van der Waals surface area (Å²) >= 11 is 0. The van der Waals surface area contributed by atoms with Crippen LogP contribution in [0.5, 0.6) is 0 Å². The van der Waals surface area contributed by atoms with Crippen molar-refractivity contribution in [3.8, 4) is 0 Å². The zero-order chi connectivity index (χ0) is 16.0. The second-order valence-corrected chi connectivity index (χ2v) is 5.67. The zero-order valence-electron chi connectivity index (χ0n) is 12.3. The summed E-state index contributed by atoms with van der Waals surface area (Å²) in [7, 11) is 0. The van der Waals surface area contributed by atoms with Gasteiger partial charge in [0.15, 0.2) is 0 Å². The number of carbonyl (C=O) groups is 1. The fraction of sp³-hybridized carbons (Fsp3) is 0.471. The Morgan fingerprint density at radius 3 is 2.68 bits per heavy atom. The number of halogens is 2. The van der Waals surface area contributed by atoms with E-state index in [2.05, 4.69) is 17.4 Å². The van der Waals surface area contributed by atoms with E-state index in [4.69, 9.17) is 0 Å². The lowest BCUT2D eigenvalue weighted by Crippen LogP contribution is -2.30. The number of aliphatic hydroxyl groups excluding tert-OH is 1. The van der Waals surface area contributed by atoms with Gasteiger partial charge in [-0.1, -0.05) is 48.9 Å². The quantitative estimate of drug-likeness (QED) is 0.601. The van der Waals surface area contributed by atoms with E-state index >= 15 is 0 Å². The highest BCUT2D eigenvalue weighted by atomic mass is 19.3. The number of rotatable bonds is 7. The Labute approximate surface area is 129 Å². The number of benzene rings is 1. The first-order valence-corrected chi connectivity index (χ1v) is 7.56. The van der Waals surface area contributed by atoms with E-state index in [0.29, 0.717) is 6.42 Å². The van der Waals surface area contributed by atoms with Crippen LogP contribution >= 0.6 is 0 Å². The Bertz CT molecular complexity index is 517. The third-order valence-corrected chi connectivity index (χ3v) is 3.75. The zero-order valence-corrected chi connectivity index (χ0v) is 12.3. The van der Waals surface area contributed by atoms with Crippen molar-refractivity contribution < 1.29 is 18.7 Å². The van der Waals surface area contributed by atoms with Crippen molar-refractivity contribution in [3.63, 3.8) is 0 Å². The molecule has 1 heterocycles. The van der Waals surface area contributed by atoms with E-state index in [0.717, 1.165) is 19.3 Å². The van der Waals surface area contributed by atoms with E-state index < -0.39 is 30.4 Å². The summed E-state index contributed by atoms with van der Waals surface area (Å²) in [6.07, 6.45) is 5.11. The molecule has 1 amide bonds. The van der Waals surface area contributed by atoms with Gasteiger partial charge in [0.2, 0.25) is 0 Å². The number of hydrogen-bond donors (Lipinski definition) is 2. The minimum Gasteiger partial charge on any atom is -0.389 e. The van der Waals surface area contributed by atoms with Gasteiger partial charge in [0.05, 0.1) is 12.1 Å². The summed E-state index contributed by atoms with van der Waals surface area (Å²) in [5.74, 6) is -4.53. The summed E-state index contributed by atoms with van der Waals surface area (Å²) in [6, 6.07) is 9.42. The maximum atomic E-state index is 13.0. The summed E-state index contributed by atoms with van der Waals surface area (Å²) in [4.78, 5) is 10.9. The molecule has 0 aliphatic carbocycles. The molecule has 0 unspecified atom stereocenters. The molecule has 1 aliphatic rings. The number of aliphatic hydroxyl groups is 1. The number of aryl methyl sites for hydroxylation is 1. The summed E-state index contributed by atoms with van der Waals surface area (Å²) in [6.45, 7) is 0. The van der Waals surface area contributed by atoms with Crippen molar-refractivity contribution in [2.24, 2.45) is 0 Å². The Morgan fingerprint density at radius 2 is 2.05 bits per heavy atom. The smallest absolute Gasteiger partial charge is 0.326 e. The van der Waals surface area contributed by atoms with Crippen LogP contribution < -0.4 is 5.32 Å². The molecular formula is C17H21F2NO2. The highest BCUT2D eigenvalue weighted by Crippen LogP contribution is 2.27. The van der Waals surface area contributed by atoms with Gasteiger partial charge in [0.1, 0.15) is 0 Å². The maximum absolute atomic E-state index is 13.0. The molecule has 0 spiro atoms. The van der Waals surface area contributed by atoms with Crippen molar-refractivity contribution in [3.05, 3.63) is 48.0 Å². The van der Waals surface area contributed by atoms with E-state index in [1.54, 1.807) is 0 Å². The molecule has 0 radical (unpaired) electrons. The number of nitrogens with one attached hydrogen (secondary N) is 1. The lowest BCUT2D eigenvalue weighted by atomic mass is 10.0. The second kappa shape index (κ2) is 7.49. The molecule has 1 fully saturated rings. The molecular weight excluding hydrogens is 288 g/mol. The maximum Gasteiger partial charge on any atom is 0.326 e. The average molecular weight is 309 g/mol. The number of carbonyl (C=O) groups excluding carboxylic acids is 1. The number of alkyl halides is 2. The van der Waals surface area contributed by atoms with Gasteiger partial charge in [0, 0.05) is 6.42 Å². The van der Waals surface area contributed by atoms with Crippen LogP contribution in [0, 0.1) is 0 Å². The van der Waals surface area contributed by atoms with Gasteiger partial charge in [-0.25, -0.2) is 0 Å².